The van der Waals surface area contributed by atoms with Crippen molar-refractivity contribution >= 4 is 28.2 Å². The number of hydrazine groups is 1. The minimum atomic E-state index is -4.83. The Hall–Kier alpha value is -1.92. The van der Waals surface area contributed by atoms with Gasteiger partial charge in [-0.25, -0.2) is 4.79 Å². The molecule has 0 bridgehead atoms. The molecule has 0 aromatic rings. The molecule has 12 heteroatoms. The zero-order valence-corrected chi connectivity index (χ0v) is 13.2. The van der Waals surface area contributed by atoms with Crippen molar-refractivity contribution in [3.63, 3.8) is 0 Å². The predicted octanol–water partition coefficient (Wildman–Crippen LogP) is -1.25. The van der Waals surface area contributed by atoms with E-state index in [1.54, 1.807) is 6.92 Å². The number of carbonyl (C=O) groups is 3. The maximum atomic E-state index is 12.1. The second kappa shape index (κ2) is 6.89. The topological polar surface area (TPSA) is 137 Å². The molecular formula is C10H18N4O7S. The van der Waals surface area contributed by atoms with Gasteiger partial charge in [-0.1, -0.05) is 0 Å². The van der Waals surface area contributed by atoms with E-state index in [1.165, 1.54) is 14.0 Å². The summed E-state index contributed by atoms with van der Waals surface area (Å²) >= 11 is 0. The van der Waals surface area contributed by atoms with Gasteiger partial charge in [0.15, 0.2) is 0 Å². The van der Waals surface area contributed by atoms with Crippen LogP contribution in [0.1, 0.15) is 20.3 Å². The van der Waals surface area contributed by atoms with Gasteiger partial charge in [0.1, 0.15) is 6.04 Å². The molecule has 11 nitrogen and oxygen atoms in total. The summed E-state index contributed by atoms with van der Waals surface area (Å²) in [6.07, 6.45) is 0.0622. The zero-order chi connectivity index (χ0) is 17.1. The third kappa shape index (κ3) is 4.54. The monoisotopic (exact) mass is 338 g/mol. The Morgan fingerprint density at radius 2 is 2.09 bits per heavy atom. The number of rotatable bonds is 4. The van der Waals surface area contributed by atoms with Crippen LogP contribution in [0.3, 0.4) is 0 Å². The van der Waals surface area contributed by atoms with E-state index in [9.17, 15) is 22.8 Å². The number of amides is 4. The summed E-state index contributed by atoms with van der Waals surface area (Å²) < 4.78 is 34.1. The van der Waals surface area contributed by atoms with Crippen LogP contribution < -0.4 is 5.43 Å². The molecule has 1 rings (SSSR count). The van der Waals surface area contributed by atoms with Gasteiger partial charge in [0.05, 0.1) is 6.54 Å². The number of hydroxylamine groups is 2. The molecule has 0 aliphatic carbocycles. The van der Waals surface area contributed by atoms with Crippen LogP contribution in [0, 0.1) is 0 Å². The Morgan fingerprint density at radius 1 is 1.50 bits per heavy atom. The molecule has 0 aromatic carbocycles. The lowest BCUT2D eigenvalue weighted by Crippen LogP contribution is -2.60. The highest BCUT2D eigenvalue weighted by Gasteiger charge is 2.39. The van der Waals surface area contributed by atoms with Gasteiger partial charge in [-0.3, -0.25) is 24.6 Å². The minimum Gasteiger partial charge on any atom is -0.311 e. The second-order valence-corrected chi connectivity index (χ2v) is 5.54. The normalized spacial score (nSPS) is 19.1. The SMILES string of the molecule is CCN1C(=O)N(OS(=O)(=O)O)CC[C@H]1C(=O)NN(C)C(C)=O. The molecule has 0 radical (unpaired) electrons. The summed E-state index contributed by atoms with van der Waals surface area (Å²) in [5.41, 5.74) is 2.32. The van der Waals surface area contributed by atoms with Gasteiger partial charge in [-0.2, -0.15) is 13.5 Å². The molecule has 0 saturated carbocycles. The summed E-state index contributed by atoms with van der Waals surface area (Å²) in [7, 11) is -3.48. The first kappa shape index (κ1) is 18.1. The van der Waals surface area contributed by atoms with Crippen molar-refractivity contribution < 1.29 is 31.6 Å². The number of urea groups is 1. The van der Waals surface area contributed by atoms with E-state index in [0.29, 0.717) is 5.06 Å². The van der Waals surface area contributed by atoms with Crippen molar-refractivity contribution in [2.45, 2.75) is 26.3 Å². The zero-order valence-electron chi connectivity index (χ0n) is 12.3. The van der Waals surface area contributed by atoms with E-state index < -0.39 is 34.3 Å². The van der Waals surface area contributed by atoms with Crippen LogP contribution in [0.15, 0.2) is 0 Å². The Morgan fingerprint density at radius 3 is 2.55 bits per heavy atom. The maximum Gasteiger partial charge on any atom is 0.418 e. The molecule has 22 heavy (non-hydrogen) atoms. The average Bonchev–Trinajstić information content (AvgIpc) is 2.38. The maximum absolute atomic E-state index is 12.1. The fourth-order valence-corrected chi connectivity index (χ4v) is 2.26. The van der Waals surface area contributed by atoms with Gasteiger partial charge in [-0.15, -0.1) is 4.28 Å². The highest BCUT2D eigenvalue weighted by Crippen LogP contribution is 2.17. The van der Waals surface area contributed by atoms with Crippen molar-refractivity contribution in [2.75, 3.05) is 20.1 Å². The van der Waals surface area contributed by atoms with Crippen molar-refractivity contribution in [1.82, 2.24) is 20.4 Å². The molecule has 1 fully saturated rings. The quantitative estimate of drug-likeness (QED) is 0.482. The Kier molecular flexibility index (Phi) is 5.68. The fraction of sp³-hybridized carbons (Fsp3) is 0.700. The Balaban J connectivity index is 2.82. The van der Waals surface area contributed by atoms with E-state index >= 15 is 0 Å². The van der Waals surface area contributed by atoms with Crippen LogP contribution >= 0.6 is 0 Å². The summed E-state index contributed by atoms with van der Waals surface area (Å²) in [6.45, 7) is 2.73. The average molecular weight is 338 g/mol. The van der Waals surface area contributed by atoms with Crippen molar-refractivity contribution in [3.05, 3.63) is 0 Å². The van der Waals surface area contributed by atoms with Gasteiger partial charge in [0.2, 0.25) is 5.91 Å². The molecule has 1 saturated heterocycles. The first-order chi connectivity index (χ1) is 10.1. The van der Waals surface area contributed by atoms with Crippen LogP contribution in [0.4, 0.5) is 4.79 Å². The lowest BCUT2D eigenvalue weighted by molar-refractivity contribution is -0.142. The Labute approximate surface area is 127 Å². The number of carbonyl (C=O) groups excluding carboxylic acids is 3. The highest BCUT2D eigenvalue weighted by atomic mass is 32.3. The standard InChI is InChI=1S/C10H18N4O7S/c1-4-13-8(9(16)11-12(3)7(2)15)5-6-14(10(13)17)21-22(18,19)20/h8H,4-6H2,1-3H3,(H,11,16)(H,18,19,20)/t8-/m0/s1. The minimum absolute atomic E-state index is 0.0622. The summed E-state index contributed by atoms with van der Waals surface area (Å²) in [6, 6.07) is -1.77. The lowest BCUT2D eigenvalue weighted by atomic mass is 10.1. The number of hydrogen-bond donors (Lipinski definition) is 2. The Bertz CT molecular complexity index is 564. The van der Waals surface area contributed by atoms with Crippen molar-refractivity contribution in [3.8, 4) is 0 Å². The molecule has 4 amide bonds. The van der Waals surface area contributed by atoms with Crippen LogP contribution in [0.2, 0.25) is 0 Å². The summed E-state index contributed by atoms with van der Waals surface area (Å²) in [5.74, 6) is -0.978. The fourth-order valence-electron chi connectivity index (χ4n) is 1.90. The van der Waals surface area contributed by atoms with Crippen LogP contribution in [-0.2, 0) is 24.3 Å². The van der Waals surface area contributed by atoms with Crippen LogP contribution in [0.25, 0.3) is 0 Å². The number of likely N-dealkylation sites (N-methyl/N-ethyl adjacent to an activating group) is 1. The predicted molar refractivity (Wildman–Crippen MR) is 72.1 cm³/mol. The molecule has 1 atom stereocenters. The van der Waals surface area contributed by atoms with Gasteiger partial charge >= 0.3 is 16.4 Å². The van der Waals surface area contributed by atoms with Crippen LogP contribution in [0.5, 0.6) is 0 Å². The summed E-state index contributed by atoms with van der Waals surface area (Å²) in [5, 5.41) is 1.43. The number of hydrogen-bond acceptors (Lipinski definition) is 6. The molecule has 1 aliphatic heterocycles. The highest BCUT2D eigenvalue weighted by molar-refractivity contribution is 7.80. The van der Waals surface area contributed by atoms with E-state index in [-0.39, 0.29) is 19.5 Å². The number of nitrogens with zero attached hydrogens (tertiary/aromatic N) is 3. The van der Waals surface area contributed by atoms with Crippen molar-refractivity contribution in [2.24, 2.45) is 0 Å². The van der Waals surface area contributed by atoms with E-state index in [0.717, 1.165) is 9.91 Å². The lowest BCUT2D eigenvalue weighted by Gasteiger charge is -2.38. The van der Waals surface area contributed by atoms with E-state index in [4.69, 9.17) is 4.55 Å². The molecule has 126 valence electrons. The van der Waals surface area contributed by atoms with Crippen molar-refractivity contribution in [1.29, 1.82) is 0 Å². The third-order valence-electron chi connectivity index (χ3n) is 3.02. The van der Waals surface area contributed by atoms with Gasteiger partial charge < -0.3 is 4.90 Å². The molecular weight excluding hydrogens is 320 g/mol. The smallest absolute Gasteiger partial charge is 0.311 e. The van der Waals surface area contributed by atoms with Gasteiger partial charge in [-0.05, 0) is 13.3 Å². The van der Waals surface area contributed by atoms with E-state index in [1.807, 2.05) is 0 Å². The molecule has 0 aromatic heterocycles. The molecule has 0 spiro atoms. The molecule has 0 unspecified atom stereocenters. The first-order valence-electron chi connectivity index (χ1n) is 6.36. The summed E-state index contributed by atoms with van der Waals surface area (Å²) in [4.78, 5) is 36.3. The molecule has 2 N–H and O–H groups in total. The second-order valence-electron chi connectivity index (χ2n) is 4.53. The first-order valence-corrected chi connectivity index (χ1v) is 7.73. The largest absolute Gasteiger partial charge is 0.418 e. The van der Waals surface area contributed by atoms with Crippen LogP contribution in [-0.4, -0.2) is 72.0 Å². The van der Waals surface area contributed by atoms with Gasteiger partial charge in [0, 0.05) is 20.5 Å². The molecule has 1 aliphatic rings. The third-order valence-corrected chi connectivity index (χ3v) is 3.39. The van der Waals surface area contributed by atoms with Gasteiger partial charge in [0.25, 0.3) is 5.91 Å². The number of nitrogens with one attached hydrogen (secondary N) is 1. The molecule has 1 heterocycles. The van der Waals surface area contributed by atoms with E-state index in [2.05, 4.69) is 9.71 Å².